The Balaban J connectivity index is 0.000000383. The van der Waals surface area contributed by atoms with Crippen LogP contribution < -0.4 is 16.6 Å². The zero-order valence-electron chi connectivity index (χ0n) is 12.9. The van der Waals surface area contributed by atoms with Gasteiger partial charge in [-0.05, 0) is 19.1 Å². The van der Waals surface area contributed by atoms with Crippen molar-refractivity contribution in [2.75, 3.05) is 11.5 Å². The highest BCUT2D eigenvalue weighted by molar-refractivity contribution is 6.10. The van der Waals surface area contributed by atoms with Crippen molar-refractivity contribution in [3.63, 3.8) is 0 Å². The Labute approximate surface area is 137 Å². The molecule has 6 nitrogen and oxygen atoms in total. The molecular weight excluding hydrogens is 306 g/mol. The molecule has 0 amide bonds. The van der Waals surface area contributed by atoms with Crippen LogP contribution in [0.5, 0.6) is 0 Å². The normalized spacial score (nSPS) is 10.5. The number of carbonyl (C=O) groups excluding carboxylic acids is 1. The number of carboxylic acids is 1. The first-order chi connectivity index (χ1) is 11.5. The predicted molar refractivity (Wildman–Crippen MR) is 92.9 cm³/mol. The second kappa shape index (κ2) is 6.00. The third-order valence-corrected chi connectivity index (χ3v) is 3.45. The van der Waals surface area contributed by atoms with Crippen LogP contribution in [-0.2, 0) is 4.79 Å². The summed E-state index contributed by atoms with van der Waals surface area (Å²) in [4.78, 5) is 13.6. The Bertz CT molecular complexity index is 1070. The third-order valence-electron chi connectivity index (χ3n) is 3.45. The van der Waals surface area contributed by atoms with E-state index >= 15 is 0 Å². The SMILES string of the molecule is CC(=O)[O-].Nc1ccc2nc3c(cc(N)c4ccccc43)[o+]c2c1. The number of hydrogen-bond acceptors (Lipinski definition) is 5. The first-order valence-electron chi connectivity index (χ1n) is 7.23. The second-order valence-corrected chi connectivity index (χ2v) is 5.29. The molecule has 1 heterocycles. The van der Waals surface area contributed by atoms with Crippen LogP contribution in [-0.4, -0.2) is 11.0 Å². The minimum absolute atomic E-state index is 0.649. The predicted octanol–water partition coefficient (Wildman–Crippen LogP) is 2.34. The minimum Gasteiger partial charge on any atom is -0.550 e. The fourth-order valence-corrected chi connectivity index (χ4v) is 2.50. The summed E-state index contributed by atoms with van der Waals surface area (Å²) < 4.78 is 5.89. The largest absolute Gasteiger partial charge is 0.550 e. The van der Waals surface area contributed by atoms with Gasteiger partial charge in [0.1, 0.15) is 0 Å². The lowest BCUT2D eigenvalue weighted by Crippen LogP contribution is -2.16. The number of benzene rings is 3. The molecule has 0 fully saturated rings. The Morgan fingerprint density at radius 1 is 1.04 bits per heavy atom. The van der Waals surface area contributed by atoms with Crippen LogP contribution >= 0.6 is 0 Å². The van der Waals surface area contributed by atoms with Gasteiger partial charge >= 0.3 is 11.2 Å². The smallest absolute Gasteiger partial charge is 0.381 e. The summed E-state index contributed by atoms with van der Waals surface area (Å²) in [7, 11) is 0. The molecule has 0 aliphatic carbocycles. The van der Waals surface area contributed by atoms with E-state index in [-0.39, 0.29) is 0 Å². The lowest BCUT2D eigenvalue weighted by molar-refractivity contribution is -0.302. The van der Waals surface area contributed by atoms with Crippen LogP contribution in [0.4, 0.5) is 11.4 Å². The number of fused-ring (bicyclic) bond motifs is 4. The van der Waals surface area contributed by atoms with Crippen LogP contribution in [0.25, 0.3) is 33.0 Å². The average molecular weight is 321 g/mol. The Hall–Kier alpha value is -3.41. The molecule has 4 rings (SSSR count). The van der Waals surface area contributed by atoms with Crippen LogP contribution in [0.1, 0.15) is 6.92 Å². The van der Waals surface area contributed by atoms with Gasteiger partial charge in [0, 0.05) is 28.1 Å². The number of nitrogen functional groups attached to an aromatic ring is 2. The zero-order valence-corrected chi connectivity index (χ0v) is 12.9. The molecule has 4 aromatic rings. The highest BCUT2D eigenvalue weighted by Gasteiger charge is 2.17. The van der Waals surface area contributed by atoms with Gasteiger partial charge in [0.05, 0.1) is 12.1 Å². The molecule has 24 heavy (non-hydrogen) atoms. The number of nitrogens with zero attached hydrogens (tertiary/aromatic N) is 1. The number of aromatic nitrogens is 1. The molecule has 120 valence electrons. The van der Waals surface area contributed by atoms with E-state index in [0.717, 1.165) is 28.7 Å². The lowest BCUT2D eigenvalue weighted by atomic mass is 10.1. The molecule has 0 aliphatic rings. The van der Waals surface area contributed by atoms with Crippen molar-refractivity contribution in [1.29, 1.82) is 0 Å². The summed E-state index contributed by atoms with van der Waals surface area (Å²) in [5, 5.41) is 10.9. The molecule has 0 atom stereocenters. The van der Waals surface area contributed by atoms with Gasteiger partial charge in [-0.3, -0.25) is 0 Å². The van der Waals surface area contributed by atoms with E-state index in [1.165, 1.54) is 0 Å². The molecule has 0 bridgehead atoms. The summed E-state index contributed by atoms with van der Waals surface area (Å²) in [6.07, 6.45) is 0. The Kier molecular flexibility index (Phi) is 3.87. The second-order valence-electron chi connectivity index (χ2n) is 5.29. The molecule has 0 radical (unpaired) electrons. The topological polar surface area (TPSA) is 116 Å². The van der Waals surface area contributed by atoms with Crippen LogP contribution in [0.15, 0.2) is 52.9 Å². The first kappa shape index (κ1) is 15.5. The van der Waals surface area contributed by atoms with E-state index in [9.17, 15) is 0 Å². The van der Waals surface area contributed by atoms with Gasteiger partial charge < -0.3 is 21.4 Å². The summed E-state index contributed by atoms with van der Waals surface area (Å²) in [5.41, 5.74) is 16.1. The minimum atomic E-state index is -1.08. The fraction of sp³-hybridized carbons (Fsp3) is 0.0556. The maximum atomic E-state index is 8.89. The maximum absolute atomic E-state index is 8.89. The summed E-state index contributed by atoms with van der Waals surface area (Å²) in [5.74, 6) is -1.08. The number of rotatable bonds is 0. The van der Waals surface area contributed by atoms with Crippen molar-refractivity contribution in [2.45, 2.75) is 6.92 Å². The van der Waals surface area contributed by atoms with Crippen molar-refractivity contribution in [1.82, 2.24) is 4.98 Å². The van der Waals surface area contributed by atoms with Crippen molar-refractivity contribution in [2.24, 2.45) is 0 Å². The molecule has 0 spiro atoms. The molecule has 6 heteroatoms. The summed E-state index contributed by atoms with van der Waals surface area (Å²) in [6.45, 7) is 0.972. The molecule has 4 N–H and O–H groups in total. The van der Waals surface area contributed by atoms with Gasteiger partial charge in [-0.1, -0.05) is 24.3 Å². The number of carbonyl (C=O) groups is 1. The van der Waals surface area contributed by atoms with E-state index in [4.69, 9.17) is 25.8 Å². The van der Waals surface area contributed by atoms with Crippen molar-refractivity contribution in [3.8, 4) is 0 Å². The summed E-state index contributed by atoms with van der Waals surface area (Å²) >= 11 is 0. The van der Waals surface area contributed by atoms with Gasteiger partial charge in [-0.2, -0.15) is 0 Å². The zero-order chi connectivity index (χ0) is 17.3. The molecule has 0 saturated heterocycles. The van der Waals surface area contributed by atoms with Crippen molar-refractivity contribution >= 4 is 50.3 Å². The number of aliphatic carboxylic acids is 1. The van der Waals surface area contributed by atoms with Crippen LogP contribution in [0.2, 0.25) is 0 Å². The van der Waals surface area contributed by atoms with E-state index in [1.54, 1.807) is 6.07 Å². The van der Waals surface area contributed by atoms with Gasteiger partial charge in [0.25, 0.3) is 0 Å². The quantitative estimate of drug-likeness (QED) is 0.222. The Morgan fingerprint density at radius 3 is 2.42 bits per heavy atom. The monoisotopic (exact) mass is 321 g/mol. The van der Waals surface area contributed by atoms with E-state index in [0.29, 0.717) is 22.5 Å². The van der Waals surface area contributed by atoms with E-state index in [2.05, 4.69) is 4.98 Å². The standard InChI is InChI=1S/C16H12N3O.C2H4O2/c17-9-5-6-13-14(7-9)20-15-8-12(18)10-3-1-2-4-11(10)16(15)19-13;1-2(3)4/h1-8H,17-18H2;1H3,(H,3,4)/q+1;/p-1. The maximum Gasteiger partial charge on any atom is 0.381 e. The van der Waals surface area contributed by atoms with E-state index in [1.807, 2.05) is 42.5 Å². The molecular formula is C18H15N3O3. The lowest BCUT2D eigenvalue weighted by Gasteiger charge is -2.01. The first-order valence-corrected chi connectivity index (χ1v) is 7.23. The van der Waals surface area contributed by atoms with Crippen molar-refractivity contribution in [3.05, 3.63) is 48.5 Å². The molecule has 0 aliphatic heterocycles. The molecule has 0 saturated carbocycles. The molecule has 1 aromatic heterocycles. The van der Waals surface area contributed by atoms with E-state index < -0.39 is 5.97 Å². The van der Waals surface area contributed by atoms with Gasteiger partial charge in [-0.25, -0.2) is 9.40 Å². The number of hydrogen-bond donors (Lipinski definition) is 2. The number of nitrogens with two attached hydrogens (primary N) is 2. The third kappa shape index (κ3) is 2.89. The molecule has 0 unspecified atom stereocenters. The highest BCUT2D eigenvalue weighted by atomic mass is 16.4. The van der Waals surface area contributed by atoms with Crippen LogP contribution in [0.3, 0.4) is 0 Å². The number of carboxylic acid groups (broad SMARTS) is 1. The van der Waals surface area contributed by atoms with Gasteiger partial charge in [0.15, 0.2) is 11.0 Å². The fourth-order valence-electron chi connectivity index (χ4n) is 2.50. The van der Waals surface area contributed by atoms with Crippen molar-refractivity contribution < 1.29 is 14.3 Å². The molecule has 3 aromatic carbocycles. The summed E-state index contributed by atoms with van der Waals surface area (Å²) in [6, 6.07) is 15.2. The Morgan fingerprint density at radius 2 is 1.71 bits per heavy atom. The van der Waals surface area contributed by atoms with Crippen LogP contribution in [0, 0.1) is 0 Å². The highest BCUT2D eigenvalue weighted by Crippen LogP contribution is 2.31. The van der Waals surface area contributed by atoms with Gasteiger partial charge in [0.2, 0.25) is 0 Å². The average Bonchev–Trinajstić information content (AvgIpc) is 2.53. The van der Waals surface area contributed by atoms with Gasteiger partial charge in [-0.15, -0.1) is 0 Å². The number of anilines is 2.